The second-order valence-electron chi connectivity index (χ2n) is 5.84. The van der Waals surface area contributed by atoms with E-state index in [-0.39, 0.29) is 6.61 Å². The highest BCUT2D eigenvalue weighted by molar-refractivity contribution is 5.26. The van der Waals surface area contributed by atoms with Gasteiger partial charge in [0.1, 0.15) is 18.5 Å². The third-order valence-corrected chi connectivity index (χ3v) is 3.83. The fourth-order valence-electron chi connectivity index (χ4n) is 2.57. The number of benzene rings is 1. The lowest BCUT2D eigenvalue weighted by molar-refractivity contribution is 0.0406. The molecule has 20 heavy (non-hydrogen) atoms. The Bertz CT molecular complexity index is 399. The lowest BCUT2D eigenvalue weighted by Gasteiger charge is -2.23. The number of rotatable bonds is 7. The van der Waals surface area contributed by atoms with Crippen molar-refractivity contribution >= 4 is 0 Å². The van der Waals surface area contributed by atoms with E-state index in [1.807, 2.05) is 31.2 Å². The van der Waals surface area contributed by atoms with Gasteiger partial charge in [-0.3, -0.25) is 0 Å². The molecule has 0 amide bonds. The van der Waals surface area contributed by atoms with E-state index in [0.29, 0.717) is 13.1 Å². The van der Waals surface area contributed by atoms with Crippen molar-refractivity contribution in [3.8, 4) is 5.75 Å². The number of aliphatic hydroxyl groups is 2. The van der Waals surface area contributed by atoms with Gasteiger partial charge >= 0.3 is 0 Å². The van der Waals surface area contributed by atoms with E-state index >= 15 is 0 Å². The van der Waals surface area contributed by atoms with Crippen molar-refractivity contribution in [3.63, 3.8) is 0 Å². The Morgan fingerprint density at radius 2 is 1.90 bits per heavy atom. The van der Waals surface area contributed by atoms with Crippen molar-refractivity contribution in [2.45, 2.75) is 44.3 Å². The number of aryl methyl sites for hydroxylation is 1. The molecule has 0 bridgehead atoms. The van der Waals surface area contributed by atoms with Crippen LogP contribution in [-0.2, 0) is 0 Å². The molecule has 1 aromatic rings. The first-order chi connectivity index (χ1) is 9.57. The summed E-state index contributed by atoms with van der Waals surface area (Å²) in [5.41, 5.74) is 0.613. The predicted molar refractivity (Wildman–Crippen MR) is 79.0 cm³/mol. The second-order valence-corrected chi connectivity index (χ2v) is 5.84. The molecule has 3 N–H and O–H groups in total. The van der Waals surface area contributed by atoms with Crippen LogP contribution in [0.3, 0.4) is 0 Å². The average molecular weight is 279 g/mol. The number of hydrogen-bond donors (Lipinski definition) is 3. The van der Waals surface area contributed by atoms with E-state index in [1.54, 1.807) is 0 Å². The van der Waals surface area contributed by atoms with Crippen molar-refractivity contribution in [1.29, 1.82) is 0 Å². The van der Waals surface area contributed by atoms with Crippen LogP contribution in [0.2, 0.25) is 0 Å². The van der Waals surface area contributed by atoms with Crippen LogP contribution >= 0.6 is 0 Å². The molecule has 1 aromatic carbocycles. The Morgan fingerprint density at radius 3 is 2.55 bits per heavy atom. The largest absolute Gasteiger partial charge is 0.491 e. The average Bonchev–Trinajstić information content (AvgIpc) is 2.85. The molecule has 0 radical (unpaired) electrons. The van der Waals surface area contributed by atoms with Crippen LogP contribution in [0.1, 0.15) is 31.2 Å². The maximum absolute atomic E-state index is 10.2. The van der Waals surface area contributed by atoms with Gasteiger partial charge in [-0.15, -0.1) is 0 Å². The second kappa shape index (κ2) is 7.07. The lowest BCUT2D eigenvalue weighted by Crippen LogP contribution is -2.42. The number of ether oxygens (including phenoxy) is 1. The first kappa shape index (κ1) is 15.3. The van der Waals surface area contributed by atoms with Gasteiger partial charge in [-0.25, -0.2) is 0 Å². The molecule has 0 heterocycles. The molecule has 0 aromatic heterocycles. The highest BCUT2D eigenvalue weighted by atomic mass is 16.5. The SMILES string of the molecule is Cc1ccc(OCC(O)CNCC2(O)CCCC2)cc1. The standard InChI is InChI=1S/C16H25NO3/c1-13-4-6-15(7-5-13)20-11-14(18)10-17-12-16(19)8-2-3-9-16/h4-7,14,17-19H,2-3,8-12H2,1H3. The maximum atomic E-state index is 10.2. The minimum absolute atomic E-state index is 0.258. The first-order valence-electron chi connectivity index (χ1n) is 7.38. The highest BCUT2D eigenvalue weighted by Crippen LogP contribution is 2.28. The zero-order valence-electron chi connectivity index (χ0n) is 12.1. The van der Waals surface area contributed by atoms with E-state index in [1.165, 1.54) is 5.56 Å². The number of aliphatic hydroxyl groups excluding tert-OH is 1. The van der Waals surface area contributed by atoms with Gasteiger partial charge in [0.15, 0.2) is 0 Å². The Kier molecular flexibility index (Phi) is 5.40. The van der Waals surface area contributed by atoms with Gasteiger partial charge in [-0.2, -0.15) is 0 Å². The molecule has 1 aliphatic rings. The van der Waals surface area contributed by atoms with Gasteiger partial charge in [0.2, 0.25) is 0 Å². The van der Waals surface area contributed by atoms with Crippen LogP contribution < -0.4 is 10.1 Å². The van der Waals surface area contributed by atoms with Crippen LogP contribution in [0, 0.1) is 6.92 Å². The van der Waals surface area contributed by atoms with Crippen LogP contribution in [0.25, 0.3) is 0 Å². The monoisotopic (exact) mass is 279 g/mol. The molecular weight excluding hydrogens is 254 g/mol. The summed E-state index contributed by atoms with van der Waals surface area (Å²) in [4.78, 5) is 0. The fraction of sp³-hybridized carbons (Fsp3) is 0.625. The fourth-order valence-corrected chi connectivity index (χ4v) is 2.57. The van der Waals surface area contributed by atoms with Gasteiger partial charge in [-0.05, 0) is 31.9 Å². The van der Waals surface area contributed by atoms with Gasteiger partial charge in [0.25, 0.3) is 0 Å². The first-order valence-corrected chi connectivity index (χ1v) is 7.38. The molecule has 1 atom stereocenters. The summed E-state index contributed by atoms with van der Waals surface area (Å²) in [5, 5.41) is 23.1. The van der Waals surface area contributed by atoms with E-state index in [9.17, 15) is 10.2 Å². The molecular formula is C16H25NO3. The van der Waals surface area contributed by atoms with Crippen LogP contribution in [0.15, 0.2) is 24.3 Å². The topological polar surface area (TPSA) is 61.7 Å². The molecule has 1 unspecified atom stereocenters. The van der Waals surface area contributed by atoms with E-state index < -0.39 is 11.7 Å². The summed E-state index contributed by atoms with van der Waals surface area (Å²) in [5.74, 6) is 0.768. The summed E-state index contributed by atoms with van der Waals surface area (Å²) >= 11 is 0. The van der Waals surface area contributed by atoms with Gasteiger partial charge in [-0.1, -0.05) is 30.5 Å². The molecule has 1 fully saturated rings. The third-order valence-electron chi connectivity index (χ3n) is 3.83. The quantitative estimate of drug-likeness (QED) is 0.710. The molecule has 0 aliphatic heterocycles. The molecule has 1 aliphatic carbocycles. The van der Waals surface area contributed by atoms with E-state index in [4.69, 9.17) is 4.74 Å². The van der Waals surface area contributed by atoms with Crippen molar-refractivity contribution in [2.24, 2.45) is 0 Å². The van der Waals surface area contributed by atoms with Crippen molar-refractivity contribution in [1.82, 2.24) is 5.32 Å². The minimum atomic E-state index is -0.572. The molecule has 2 rings (SSSR count). The zero-order chi connectivity index (χ0) is 14.4. The molecule has 1 saturated carbocycles. The van der Waals surface area contributed by atoms with E-state index in [2.05, 4.69) is 5.32 Å². The molecule has 0 saturated heterocycles. The van der Waals surface area contributed by atoms with E-state index in [0.717, 1.165) is 31.4 Å². The number of hydrogen-bond acceptors (Lipinski definition) is 4. The maximum Gasteiger partial charge on any atom is 0.119 e. The summed E-state index contributed by atoms with van der Waals surface area (Å²) in [6, 6.07) is 7.76. The van der Waals surface area contributed by atoms with Crippen LogP contribution in [0.5, 0.6) is 5.75 Å². The molecule has 4 heteroatoms. The Hall–Kier alpha value is -1.10. The molecule has 0 spiro atoms. The van der Waals surface area contributed by atoms with Gasteiger partial charge in [0.05, 0.1) is 5.60 Å². The Labute approximate surface area is 120 Å². The third kappa shape index (κ3) is 4.78. The summed E-state index contributed by atoms with van der Waals surface area (Å²) in [7, 11) is 0. The molecule has 112 valence electrons. The van der Waals surface area contributed by atoms with Gasteiger partial charge < -0.3 is 20.3 Å². The van der Waals surface area contributed by atoms with Crippen molar-refractivity contribution in [3.05, 3.63) is 29.8 Å². The minimum Gasteiger partial charge on any atom is -0.491 e. The van der Waals surface area contributed by atoms with Gasteiger partial charge in [0, 0.05) is 13.1 Å². The highest BCUT2D eigenvalue weighted by Gasteiger charge is 2.30. The predicted octanol–water partition coefficient (Wildman–Crippen LogP) is 1.63. The summed E-state index contributed by atoms with van der Waals surface area (Å²) in [6.07, 6.45) is 3.33. The summed E-state index contributed by atoms with van der Waals surface area (Å²) < 4.78 is 5.52. The summed E-state index contributed by atoms with van der Waals surface area (Å²) in [6.45, 7) is 3.27. The molecule has 4 nitrogen and oxygen atoms in total. The Morgan fingerprint density at radius 1 is 1.25 bits per heavy atom. The van der Waals surface area contributed by atoms with Crippen LogP contribution in [0.4, 0.5) is 0 Å². The number of nitrogens with one attached hydrogen (secondary N) is 1. The van der Waals surface area contributed by atoms with Crippen LogP contribution in [-0.4, -0.2) is 41.6 Å². The normalized spacial score (nSPS) is 18.9. The Balaban J connectivity index is 1.62. The van der Waals surface area contributed by atoms with Crippen molar-refractivity contribution in [2.75, 3.05) is 19.7 Å². The lowest BCUT2D eigenvalue weighted by atomic mass is 10.0. The smallest absolute Gasteiger partial charge is 0.119 e. The zero-order valence-corrected chi connectivity index (χ0v) is 12.1. The van der Waals surface area contributed by atoms with Crippen molar-refractivity contribution < 1.29 is 14.9 Å².